The van der Waals surface area contributed by atoms with Crippen LogP contribution in [-0.2, 0) is 19.4 Å². The second-order valence-electron chi connectivity index (χ2n) is 11.3. The van der Waals surface area contributed by atoms with Gasteiger partial charge in [-0.25, -0.2) is 13.2 Å². The van der Waals surface area contributed by atoms with Crippen LogP contribution in [0.25, 0.3) is 0 Å². The Morgan fingerprint density at radius 2 is 1.59 bits per heavy atom. The van der Waals surface area contributed by atoms with Crippen molar-refractivity contribution in [1.29, 1.82) is 0 Å². The van der Waals surface area contributed by atoms with Crippen molar-refractivity contribution in [2.75, 3.05) is 12.3 Å². The monoisotopic (exact) mass is 496 g/mol. The molecule has 0 N–H and O–H groups in total. The fourth-order valence-electron chi connectivity index (χ4n) is 7.40. The molecule has 0 spiro atoms. The van der Waals surface area contributed by atoms with Gasteiger partial charge in [-0.15, -0.1) is 0 Å². The van der Waals surface area contributed by atoms with E-state index in [1.165, 1.54) is 6.42 Å². The van der Waals surface area contributed by atoms with Crippen LogP contribution in [0.15, 0.2) is 0 Å². The average molecular weight is 497 g/mol. The molecule has 5 unspecified atom stereocenters. The maximum Gasteiger partial charge on any atom is 0.410 e. The van der Waals surface area contributed by atoms with E-state index < -0.39 is 9.84 Å². The third kappa shape index (κ3) is 5.41. The first-order chi connectivity index (χ1) is 16.2. The maximum absolute atomic E-state index is 13.4. The van der Waals surface area contributed by atoms with Crippen LogP contribution in [0, 0.1) is 11.8 Å². The van der Waals surface area contributed by atoms with Gasteiger partial charge in [0.15, 0.2) is 9.84 Å². The van der Waals surface area contributed by atoms with E-state index in [0.29, 0.717) is 18.4 Å². The quantitative estimate of drug-likeness (QED) is 0.571. The molecule has 0 aromatic heterocycles. The van der Waals surface area contributed by atoms with E-state index >= 15 is 0 Å². The molecule has 0 radical (unpaired) electrons. The molecule has 0 aromatic rings. The zero-order valence-electron chi connectivity index (χ0n) is 21.3. The number of nitrogens with zero attached hydrogens (tertiary/aromatic N) is 2. The minimum Gasteiger partial charge on any atom is -0.446 e. The van der Waals surface area contributed by atoms with E-state index in [-0.39, 0.29) is 47.2 Å². The highest BCUT2D eigenvalue weighted by atomic mass is 32.2. The summed E-state index contributed by atoms with van der Waals surface area (Å²) < 4.78 is 31.1. The summed E-state index contributed by atoms with van der Waals surface area (Å²) in [5.74, 6) is 1.06. The summed E-state index contributed by atoms with van der Waals surface area (Å²) in [6.45, 7) is 5.93. The van der Waals surface area contributed by atoms with Crippen molar-refractivity contribution in [2.24, 2.45) is 11.8 Å². The molecule has 1 saturated heterocycles. The van der Waals surface area contributed by atoms with Crippen molar-refractivity contribution in [3.8, 4) is 0 Å². The van der Waals surface area contributed by atoms with E-state index in [1.807, 2.05) is 16.7 Å². The van der Waals surface area contributed by atoms with Crippen LogP contribution in [0.5, 0.6) is 0 Å². The lowest BCUT2D eigenvalue weighted by Gasteiger charge is -2.54. The molecule has 3 saturated carbocycles. The van der Waals surface area contributed by atoms with Gasteiger partial charge in [-0.05, 0) is 76.5 Å². The zero-order valence-corrected chi connectivity index (χ0v) is 22.1. The molecule has 0 aromatic carbocycles. The molecule has 4 fully saturated rings. The molecule has 4 aliphatic rings. The predicted octanol–water partition coefficient (Wildman–Crippen LogP) is 4.54. The van der Waals surface area contributed by atoms with Crippen molar-refractivity contribution in [1.82, 2.24) is 9.80 Å². The molecule has 4 rings (SSSR count). The van der Waals surface area contributed by atoms with Crippen LogP contribution < -0.4 is 0 Å². The lowest BCUT2D eigenvalue weighted by molar-refractivity contribution is -0.143. The van der Waals surface area contributed by atoms with Crippen LogP contribution in [0.1, 0.15) is 97.8 Å². The Labute approximate surface area is 205 Å². The van der Waals surface area contributed by atoms with E-state index in [9.17, 15) is 18.0 Å². The maximum atomic E-state index is 13.4. The first-order valence-electron chi connectivity index (χ1n) is 13.7. The number of ether oxygens (including phenoxy) is 1. The van der Waals surface area contributed by atoms with Crippen LogP contribution in [0.2, 0.25) is 0 Å². The lowest BCUT2D eigenvalue weighted by atomic mass is 9.69. The van der Waals surface area contributed by atoms with Gasteiger partial charge in [0, 0.05) is 25.3 Å². The molecule has 1 heterocycles. The molecule has 3 aliphatic carbocycles. The van der Waals surface area contributed by atoms with Gasteiger partial charge in [-0.1, -0.05) is 26.2 Å². The minimum absolute atomic E-state index is 0.0126. The topological polar surface area (TPSA) is 84.0 Å². The Morgan fingerprint density at radius 3 is 2.26 bits per heavy atom. The molecule has 7 nitrogen and oxygen atoms in total. The highest BCUT2D eigenvalue weighted by Crippen LogP contribution is 2.44. The zero-order chi connectivity index (χ0) is 24.5. The van der Waals surface area contributed by atoms with Crippen LogP contribution >= 0.6 is 0 Å². The van der Waals surface area contributed by atoms with E-state index in [2.05, 4.69) is 0 Å². The van der Waals surface area contributed by atoms with Crippen LogP contribution in [-0.4, -0.2) is 72.0 Å². The molecular formula is C26H44N2O5S. The molecule has 6 atom stereocenters. The van der Waals surface area contributed by atoms with Gasteiger partial charge >= 0.3 is 6.09 Å². The summed E-state index contributed by atoms with van der Waals surface area (Å²) in [5, 5.41) is -0.221. The Morgan fingerprint density at radius 1 is 0.882 bits per heavy atom. The van der Waals surface area contributed by atoms with Crippen molar-refractivity contribution >= 4 is 21.8 Å². The van der Waals surface area contributed by atoms with E-state index in [4.69, 9.17) is 4.74 Å². The summed E-state index contributed by atoms with van der Waals surface area (Å²) in [5.41, 5.74) is 0. The Bertz CT molecular complexity index is 840. The summed E-state index contributed by atoms with van der Waals surface area (Å²) in [7, 11) is -3.02. The first kappa shape index (κ1) is 25.8. The van der Waals surface area contributed by atoms with E-state index in [0.717, 1.165) is 70.6 Å². The number of carbonyl (C=O) groups excluding carboxylic acids is 2. The van der Waals surface area contributed by atoms with Crippen LogP contribution in [0.3, 0.4) is 0 Å². The smallest absolute Gasteiger partial charge is 0.410 e. The van der Waals surface area contributed by atoms with Gasteiger partial charge in [-0.2, -0.15) is 0 Å². The number of amides is 2. The summed E-state index contributed by atoms with van der Waals surface area (Å²) in [6, 6.07) is -0.0452. The number of piperazine rings is 1. The Hall–Kier alpha value is -1.31. The number of sulfone groups is 1. The third-order valence-corrected chi connectivity index (χ3v) is 11.4. The van der Waals surface area contributed by atoms with Gasteiger partial charge in [0.05, 0.1) is 17.3 Å². The van der Waals surface area contributed by atoms with Gasteiger partial charge in [-0.3, -0.25) is 4.79 Å². The molecule has 0 bridgehead atoms. The molecule has 34 heavy (non-hydrogen) atoms. The number of hydrogen-bond acceptors (Lipinski definition) is 5. The Balaban J connectivity index is 1.50. The largest absolute Gasteiger partial charge is 0.446 e. The number of carbonyl (C=O) groups is 2. The number of fused-ring (bicyclic) bond motifs is 1. The standard InChI is InChI=1S/C26H44N2O5S/c1-4-34(31,32)23-12-8-9-20(15-23)21-13-14-24-25(16-21)27(17-18(2)28(24)19(3)29)26(30)33-22-10-6-5-7-11-22/h18,20-25H,4-17H2,1-3H3/t18-,20?,21?,23?,24?,25?/m0/s1. The molecular weight excluding hydrogens is 452 g/mol. The normalized spacial score (nSPS) is 35.5. The van der Waals surface area contributed by atoms with Crippen molar-refractivity contribution in [3.05, 3.63) is 0 Å². The van der Waals surface area contributed by atoms with Crippen molar-refractivity contribution in [2.45, 2.75) is 127 Å². The van der Waals surface area contributed by atoms with Gasteiger partial charge < -0.3 is 14.5 Å². The summed E-state index contributed by atoms with van der Waals surface area (Å²) >= 11 is 0. The molecule has 2 amide bonds. The highest BCUT2D eigenvalue weighted by Gasteiger charge is 2.48. The fraction of sp³-hybridized carbons (Fsp3) is 0.923. The number of rotatable bonds is 4. The number of hydrogen-bond donors (Lipinski definition) is 0. The summed E-state index contributed by atoms with van der Waals surface area (Å²) in [6.07, 6.45) is 11.4. The molecule has 194 valence electrons. The third-order valence-electron chi connectivity index (χ3n) is 9.18. The second-order valence-corrected chi connectivity index (χ2v) is 13.8. The van der Waals surface area contributed by atoms with Gasteiger partial charge in [0.1, 0.15) is 6.10 Å². The SMILES string of the molecule is CCS(=O)(=O)C1CCCC(C2CCC3C(C2)N(C(=O)OC2CCCCC2)C[C@H](C)N3C(C)=O)C1. The highest BCUT2D eigenvalue weighted by molar-refractivity contribution is 7.92. The predicted molar refractivity (Wildman–Crippen MR) is 132 cm³/mol. The van der Waals surface area contributed by atoms with Gasteiger partial charge in [0.2, 0.25) is 5.91 Å². The van der Waals surface area contributed by atoms with Crippen molar-refractivity contribution < 1.29 is 22.7 Å². The van der Waals surface area contributed by atoms with Crippen LogP contribution in [0.4, 0.5) is 4.79 Å². The first-order valence-corrected chi connectivity index (χ1v) is 15.4. The second kappa shape index (κ2) is 10.8. The average Bonchev–Trinajstić information content (AvgIpc) is 2.83. The lowest BCUT2D eigenvalue weighted by Crippen LogP contribution is -2.67. The van der Waals surface area contributed by atoms with E-state index in [1.54, 1.807) is 13.8 Å². The molecule has 8 heteroatoms. The van der Waals surface area contributed by atoms with Gasteiger partial charge in [0.25, 0.3) is 0 Å². The fourth-order valence-corrected chi connectivity index (χ4v) is 8.94. The Kier molecular flexibility index (Phi) is 8.15. The molecule has 1 aliphatic heterocycles. The minimum atomic E-state index is -3.02. The van der Waals surface area contributed by atoms with Crippen molar-refractivity contribution in [3.63, 3.8) is 0 Å². The summed E-state index contributed by atoms with van der Waals surface area (Å²) in [4.78, 5) is 29.8.